The van der Waals surface area contributed by atoms with E-state index in [2.05, 4.69) is 5.32 Å². The molecule has 1 amide bonds. The van der Waals surface area contributed by atoms with Crippen LogP contribution in [0.15, 0.2) is 42.5 Å². The number of ether oxygens (including phenoxy) is 1. The summed E-state index contributed by atoms with van der Waals surface area (Å²) >= 11 is 5.80. The van der Waals surface area contributed by atoms with Gasteiger partial charge in [0.15, 0.2) is 0 Å². The van der Waals surface area contributed by atoms with Gasteiger partial charge in [0.2, 0.25) is 15.9 Å². The van der Waals surface area contributed by atoms with Crippen LogP contribution in [0.3, 0.4) is 0 Å². The van der Waals surface area contributed by atoms with E-state index in [-0.39, 0.29) is 23.7 Å². The highest BCUT2D eigenvalue weighted by Crippen LogP contribution is 2.33. The molecular weight excluding hydrogens is 410 g/mol. The average molecular weight is 428 g/mol. The summed E-state index contributed by atoms with van der Waals surface area (Å²) in [4.78, 5) is 22.7. The number of carbonyl (C=O) groups excluding carboxylic acids is 1. The van der Waals surface area contributed by atoms with Crippen LogP contribution in [0.25, 0.3) is 0 Å². The molecule has 9 nitrogen and oxygen atoms in total. The highest BCUT2D eigenvalue weighted by atomic mass is 35.5. The van der Waals surface area contributed by atoms with Gasteiger partial charge in [-0.05, 0) is 23.8 Å². The Morgan fingerprint density at radius 1 is 1.25 bits per heavy atom. The van der Waals surface area contributed by atoms with Crippen molar-refractivity contribution in [3.8, 4) is 5.75 Å². The minimum Gasteiger partial charge on any atom is -0.495 e. The normalized spacial score (nSPS) is 11.0. The zero-order valence-electron chi connectivity index (χ0n) is 15.1. The molecule has 2 aromatic rings. The quantitative estimate of drug-likeness (QED) is 0.510. The van der Waals surface area contributed by atoms with Gasteiger partial charge in [-0.25, -0.2) is 8.42 Å². The summed E-state index contributed by atoms with van der Waals surface area (Å²) in [6.45, 7) is -0.399. The van der Waals surface area contributed by atoms with Crippen molar-refractivity contribution >= 4 is 38.9 Å². The minimum absolute atomic E-state index is 0.0847. The molecule has 0 fully saturated rings. The van der Waals surface area contributed by atoms with Gasteiger partial charge in [-0.3, -0.25) is 19.2 Å². The second-order valence-electron chi connectivity index (χ2n) is 5.79. The van der Waals surface area contributed by atoms with Crippen molar-refractivity contribution in [1.82, 2.24) is 5.32 Å². The Hall–Kier alpha value is -2.85. The maximum atomic E-state index is 12.3. The second kappa shape index (κ2) is 8.89. The number of carbonyl (C=O) groups is 1. The molecule has 0 heterocycles. The van der Waals surface area contributed by atoms with E-state index in [1.165, 1.54) is 19.2 Å². The number of halogens is 1. The van der Waals surface area contributed by atoms with Crippen molar-refractivity contribution in [2.45, 2.75) is 6.54 Å². The van der Waals surface area contributed by atoms with Crippen molar-refractivity contribution in [2.75, 3.05) is 24.2 Å². The molecule has 0 radical (unpaired) electrons. The standard InChI is InChI=1S/C17H18ClN3O6S/c1-27-16-8-7-14(21(23)24)9-15(16)20(28(2,25)26)11-17(22)19-10-12-3-5-13(18)6-4-12/h3-9H,10-11H2,1-2H3,(H,19,22). The third-order valence-electron chi connectivity index (χ3n) is 3.73. The van der Waals surface area contributed by atoms with Gasteiger partial charge in [0.25, 0.3) is 5.69 Å². The van der Waals surface area contributed by atoms with Crippen molar-refractivity contribution in [1.29, 1.82) is 0 Å². The van der Waals surface area contributed by atoms with Crippen LogP contribution in [0, 0.1) is 10.1 Å². The lowest BCUT2D eigenvalue weighted by Crippen LogP contribution is -2.40. The fourth-order valence-electron chi connectivity index (χ4n) is 2.36. The van der Waals surface area contributed by atoms with E-state index >= 15 is 0 Å². The average Bonchev–Trinajstić information content (AvgIpc) is 2.64. The van der Waals surface area contributed by atoms with Crippen LogP contribution in [0.1, 0.15) is 5.56 Å². The first kappa shape index (κ1) is 21.5. The van der Waals surface area contributed by atoms with Gasteiger partial charge in [-0.15, -0.1) is 0 Å². The second-order valence-corrected chi connectivity index (χ2v) is 8.13. The molecule has 0 bridgehead atoms. The largest absolute Gasteiger partial charge is 0.495 e. The number of nitro benzene ring substituents is 1. The predicted octanol–water partition coefficient (Wildman–Crippen LogP) is 2.34. The summed E-state index contributed by atoms with van der Waals surface area (Å²) in [5, 5.41) is 14.2. The lowest BCUT2D eigenvalue weighted by atomic mass is 10.2. The van der Waals surface area contributed by atoms with Crippen LogP contribution >= 0.6 is 11.6 Å². The van der Waals surface area contributed by atoms with E-state index in [9.17, 15) is 23.3 Å². The number of sulfonamides is 1. The number of hydrogen-bond acceptors (Lipinski definition) is 6. The molecule has 0 aliphatic rings. The predicted molar refractivity (Wildman–Crippen MR) is 105 cm³/mol. The number of nitrogens with one attached hydrogen (secondary N) is 1. The van der Waals surface area contributed by atoms with E-state index in [0.717, 1.165) is 22.2 Å². The number of non-ortho nitro benzene ring substituents is 1. The molecule has 0 aliphatic carbocycles. The fraction of sp³-hybridized carbons (Fsp3) is 0.235. The van der Waals surface area contributed by atoms with Crippen LogP contribution in [-0.2, 0) is 21.4 Å². The van der Waals surface area contributed by atoms with Crippen molar-refractivity contribution < 1.29 is 22.9 Å². The summed E-state index contributed by atoms with van der Waals surface area (Å²) in [7, 11) is -2.63. The summed E-state index contributed by atoms with van der Waals surface area (Å²) in [5.74, 6) is -0.504. The van der Waals surface area contributed by atoms with E-state index in [0.29, 0.717) is 5.02 Å². The molecule has 28 heavy (non-hydrogen) atoms. The molecular formula is C17H18ClN3O6S. The van der Waals surface area contributed by atoms with Gasteiger partial charge in [-0.1, -0.05) is 23.7 Å². The topological polar surface area (TPSA) is 119 Å². The highest BCUT2D eigenvalue weighted by molar-refractivity contribution is 7.92. The van der Waals surface area contributed by atoms with Gasteiger partial charge in [0.1, 0.15) is 18.0 Å². The number of methoxy groups -OCH3 is 1. The third kappa shape index (κ3) is 5.57. The molecule has 0 saturated carbocycles. The molecule has 2 rings (SSSR count). The first-order valence-electron chi connectivity index (χ1n) is 7.93. The van der Waals surface area contributed by atoms with Gasteiger partial charge < -0.3 is 10.1 Å². The van der Waals surface area contributed by atoms with E-state index in [4.69, 9.17) is 16.3 Å². The lowest BCUT2D eigenvalue weighted by Gasteiger charge is -2.23. The smallest absolute Gasteiger partial charge is 0.271 e. The molecule has 0 atom stereocenters. The Morgan fingerprint density at radius 2 is 1.89 bits per heavy atom. The third-order valence-corrected chi connectivity index (χ3v) is 5.11. The molecule has 150 valence electrons. The Labute approximate surface area is 167 Å². The fourth-order valence-corrected chi connectivity index (χ4v) is 3.33. The van der Waals surface area contributed by atoms with Crippen LogP contribution in [0.2, 0.25) is 5.02 Å². The Balaban J connectivity index is 2.25. The van der Waals surface area contributed by atoms with E-state index in [1.54, 1.807) is 24.3 Å². The molecule has 2 aromatic carbocycles. The maximum absolute atomic E-state index is 12.3. The number of benzene rings is 2. The summed E-state index contributed by atoms with van der Waals surface area (Å²) < 4.78 is 30.3. The summed E-state index contributed by atoms with van der Waals surface area (Å²) in [5.41, 5.74) is 0.350. The molecule has 1 N–H and O–H groups in total. The van der Waals surface area contributed by atoms with Gasteiger partial charge in [0, 0.05) is 23.7 Å². The molecule has 0 spiro atoms. The summed E-state index contributed by atoms with van der Waals surface area (Å²) in [6, 6.07) is 10.3. The molecule has 0 saturated heterocycles. The van der Waals surface area contributed by atoms with Crippen LogP contribution in [0.5, 0.6) is 5.75 Å². The van der Waals surface area contributed by atoms with Crippen LogP contribution < -0.4 is 14.4 Å². The van der Waals surface area contributed by atoms with Crippen molar-refractivity contribution in [3.63, 3.8) is 0 Å². The Bertz CT molecular complexity index is 979. The van der Waals surface area contributed by atoms with Gasteiger partial charge in [-0.2, -0.15) is 0 Å². The highest BCUT2D eigenvalue weighted by Gasteiger charge is 2.26. The zero-order valence-corrected chi connectivity index (χ0v) is 16.7. The summed E-state index contributed by atoms with van der Waals surface area (Å²) in [6.07, 6.45) is 0.901. The van der Waals surface area contributed by atoms with E-state index < -0.39 is 27.4 Å². The number of anilines is 1. The lowest BCUT2D eigenvalue weighted by molar-refractivity contribution is -0.384. The first-order valence-corrected chi connectivity index (χ1v) is 10.2. The number of nitrogens with zero attached hydrogens (tertiary/aromatic N) is 2. The number of hydrogen-bond donors (Lipinski definition) is 1. The van der Waals surface area contributed by atoms with Crippen molar-refractivity contribution in [3.05, 3.63) is 63.2 Å². The number of amides is 1. The molecule has 0 unspecified atom stereocenters. The molecule has 11 heteroatoms. The first-order chi connectivity index (χ1) is 13.1. The number of nitro groups is 1. The number of rotatable bonds is 8. The van der Waals surface area contributed by atoms with Crippen molar-refractivity contribution in [2.24, 2.45) is 0 Å². The minimum atomic E-state index is -3.92. The zero-order chi connectivity index (χ0) is 20.9. The SMILES string of the molecule is COc1ccc([N+](=O)[O-])cc1N(CC(=O)NCc1ccc(Cl)cc1)S(C)(=O)=O. The Morgan fingerprint density at radius 3 is 2.43 bits per heavy atom. The monoisotopic (exact) mass is 427 g/mol. The van der Waals surface area contributed by atoms with Crippen LogP contribution in [0.4, 0.5) is 11.4 Å². The molecule has 0 aromatic heterocycles. The Kier molecular flexibility index (Phi) is 6.81. The van der Waals surface area contributed by atoms with Gasteiger partial charge >= 0.3 is 0 Å². The molecule has 0 aliphatic heterocycles. The maximum Gasteiger partial charge on any atom is 0.271 e. The van der Waals surface area contributed by atoms with Crippen LogP contribution in [-0.4, -0.2) is 39.2 Å². The van der Waals surface area contributed by atoms with Gasteiger partial charge in [0.05, 0.1) is 18.3 Å². The van der Waals surface area contributed by atoms with E-state index in [1.807, 2.05) is 0 Å².